The molecule has 1 saturated heterocycles. The zero-order valence-corrected chi connectivity index (χ0v) is 13.6. The lowest BCUT2D eigenvalue weighted by Gasteiger charge is -2.40. The summed E-state index contributed by atoms with van der Waals surface area (Å²) in [5.74, 6) is 0. The molecule has 0 radical (unpaired) electrons. The van der Waals surface area contributed by atoms with Gasteiger partial charge < -0.3 is 10.2 Å². The summed E-state index contributed by atoms with van der Waals surface area (Å²) in [5, 5.41) is 3.96. The number of nitrogens with zero attached hydrogens (tertiary/aromatic N) is 1. The molecule has 1 aliphatic heterocycles. The molecule has 1 atom stereocenters. The van der Waals surface area contributed by atoms with Crippen LogP contribution in [0, 0.1) is 5.41 Å². The molecule has 1 aliphatic carbocycles. The van der Waals surface area contributed by atoms with Crippen molar-refractivity contribution in [3.63, 3.8) is 0 Å². The van der Waals surface area contributed by atoms with E-state index in [0.29, 0.717) is 5.41 Å². The molecule has 0 aromatic heterocycles. The van der Waals surface area contributed by atoms with Crippen LogP contribution in [0.3, 0.4) is 0 Å². The van der Waals surface area contributed by atoms with E-state index < -0.39 is 0 Å². The molecule has 1 heterocycles. The molecule has 0 bridgehead atoms. The zero-order chi connectivity index (χ0) is 14.7. The number of hydrogen-bond donors (Lipinski definition) is 1. The molecule has 3 rings (SSSR count). The molecule has 1 N–H and O–H groups in total. The van der Waals surface area contributed by atoms with Crippen LogP contribution in [0.1, 0.15) is 52.4 Å². The van der Waals surface area contributed by atoms with Crippen molar-refractivity contribution in [2.24, 2.45) is 5.41 Å². The van der Waals surface area contributed by atoms with E-state index in [1.54, 1.807) is 0 Å². The van der Waals surface area contributed by atoms with Gasteiger partial charge in [-0.15, -0.1) is 0 Å². The van der Waals surface area contributed by atoms with Crippen LogP contribution < -0.4 is 10.2 Å². The van der Waals surface area contributed by atoms with Crippen LogP contribution in [0.5, 0.6) is 0 Å². The van der Waals surface area contributed by atoms with Crippen LogP contribution in [0.25, 0.3) is 0 Å². The van der Waals surface area contributed by atoms with Crippen molar-refractivity contribution in [3.8, 4) is 0 Å². The van der Waals surface area contributed by atoms with Gasteiger partial charge in [0.2, 0.25) is 0 Å². The summed E-state index contributed by atoms with van der Waals surface area (Å²) in [6, 6.07) is 12.3. The van der Waals surface area contributed by atoms with Gasteiger partial charge in [0.1, 0.15) is 0 Å². The van der Waals surface area contributed by atoms with Crippen molar-refractivity contribution in [2.75, 3.05) is 18.0 Å². The predicted octanol–water partition coefficient (Wildman–Crippen LogP) is 4.21. The molecule has 1 aromatic carbocycles. The first-order valence-electron chi connectivity index (χ1n) is 8.68. The highest BCUT2D eigenvalue weighted by Crippen LogP contribution is 2.35. The van der Waals surface area contributed by atoms with Gasteiger partial charge in [-0.3, -0.25) is 0 Å². The molecule has 2 aliphatic rings. The highest BCUT2D eigenvalue weighted by atomic mass is 15.1. The van der Waals surface area contributed by atoms with Crippen LogP contribution in [-0.4, -0.2) is 25.2 Å². The van der Waals surface area contributed by atoms with Gasteiger partial charge in [0, 0.05) is 30.9 Å². The number of para-hydroxylation sites is 1. The summed E-state index contributed by atoms with van der Waals surface area (Å²) in [5.41, 5.74) is 1.93. The minimum atomic E-state index is 0.542. The number of benzene rings is 1. The van der Waals surface area contributed by atoms with Crippen LogP contribution in [-0.2, 0) is 0 Å². The number of nitrogens with one attached hydrogen (secondary N) is 1. The molecular formula is C19H30N2. The molecule has 2 nitrogen and oxygen atoms in total. The van der Waals surface area contributed by atoms with Crippen LogP contribution in [0.15, 0.2) is 30.3 Å². The number of anilines is 1. The van der Waals surface area contributed by atoms with E-state index >= 15 is 0 Å². The quantitative estimate of drug-likeness (QED) is 0.895. The Hall–Kier alpha value is -1.02. The first kappa shape index (κ1) is 14.9. The van der Waals surface area contributed by atoms with E-state index in [-0.39, 0.29) is 0 Å². The average Bonchev–Trinajstić information content (AvgIpc) is 2.48. The molecule has 2 fully saturated rings. The number of hydrogen-bond acceptors (Lipinski definition) is 2. The average molecular weight is 286 g/mol. The Morgan fingerprint density at radius 3 is 2.38 bits per heavy atom. The summed E-state index contributed by atoms with van der Waals surface area (Å²) < 4.78 is 0. The molecular weight excluding hydrogens is 256 g/mol. The van der Waals surface area contributed by atoms with E-state index in [1.807, 2.05) is 0 Å². The second-order valence-corrected chi connectivity index (χ2v) is 7.72. The Balaban J connectivity index is 1.48. The third-order valence-electron chi connectivity index (χ3n) is 5.29. The van der Waals surface area contributed by atoms with Crippen LogP contribution >= 0.6 is 0 Å². The lowest BCUT2D eigenvalue weighted by molar-refractivity contribution is 0.183. The third kappa shape index (κ3) is 4.00. The van der Waals surface area contributed by atoms with E-state index in [9.17, 15) is 0 Å². The minimum absolute atomic E-state index is 0.542. The predicted molar refractivity (Wildman–Crippen MR) is 90.8 cm³/mol. The summed E-state index contributed by atoms with van der Waals surface area (Å²) in [7, 11) is 0. The Morgan fingerprint density at radius 2 is 1.71 bits per heavy atom. The normalized spacial score (nSPS) is 26.8. The molecule has 116 valence electrons. The topological polar surface area (TPSA) is 15.3 Å². The van der Waals surface area contributed by atoms with Crippen LogP contribution in [0.2, 0.25) is 0 Å². The highest BCUT2D eigenvalue weighted by Gasteiger charge is 2.30. The molecule has 1 aromatic rings. The Morgan fingerprint density at radius 1 is 1.00 bits per heavy atom. The maximum atomic E-state index is 3.96. The molecule has 21 heavy (non-hydrogen) atoms. The van der Waals surface area contributed by atoms with E-state index in [1.165, 1.54) is 57.3 Å². The van der Waals surface area contributed by atoms with Crippen molar-refractivity contribution in [1.82, 2.24) is 5.32 Å². The molecule has 2 heteroatoms. The smallest absolute Gasteiger partial charge is 0.0366 e. The van der Waals surface area contributed by atoms with Crippen molar-refractivity contribution >= 4 is 5.69 Å². The Kier molecular flexibility index (Phi) is 4.54. The van der Waals surface area contributed by atoms with Gasteiger partial charge in [-0.1, -0.05) is 38.5 Å². The number of piperidine rings is 1. The fourth-order valence-electron chi connectivity index (χ4n) is 4.12. The summed E-state index contributed by atoms with van der Waals surface area (Å²) in [6.07, 6.45) is 8.09. The van der Waals surface area contributed by atoms with Crippen molar-refractivity contribution < 1.29 is 0 Å². The van der Waals surface area contributed by atoms with Crippen LogP contribution in [0.4, 0.5) is 5.69 Å². The minimum Gasteiger partial charge on any atom is -0.371 e. The van der Waals surface area contributed by atoms with Gasteiger partial charge in [0.15, 0.2) is 0 Å². The highest BCUT2D eigenvalue weighted by molar-refractivity contribution is 5.46. The molecule has 0 spiro atoms. The first-order valence-corrected chi connectivity index (χ1v) is 8.68. The molecule has 1 saturated carbocycles. The van der Waals surface area contributed by atoms with Gasteiger partial charge >= 0.3 is 0 Å². The standard InChI is InChI=1S/C19H30N2/c1-19(2)12-6-7-17(15-19)20-16-10-13-21(14-11-16)18-8-4-3-5-9-18/h3-5,8-9,16-17,20H,6-7,10-15H2,1-2H3. The van der Waals surface area contributed by atoms with Gasteiger partial charge in [-0.05, 0) is 49.7 Å². The van der Waals surface area contributed by atoms with Crippen molar-refractivity contribution in [2.45, 2.75) is 64.5 Å². The third-order valence-corrected chi connectivity index (χ3v) is 5.29. The Bertz CT molecular complexity index is 432. The zero-order valence-electron chi connectivity index (χ0n) is 13.6. The summed E-state index contributed by atoms with van der Waals surface area (Å²) in [6.45, 7) is 7.24. The van der Waals surface area contributed by atoms with Gasteiger partial charge in [-0.2, -0.15) is 0 Å². The second-order valence-electron chi connectivity index (χ2n) is 7.72. The molecule has 0 amide bonds. The first-order chi connectivity index (χ1) is 10.1. The number of rotatable bonds is 3. The van der Waals surface area contributed by atoms with Gasteiger partial charge in [0.05, 0.1) is 0 Å². The van der Waals surface area contributed by atoms with E-state index in [2.05, 4.69) is 54.4 Å². The lowest BCUT2D eigenvalue weighted by atomic mass is 9.75. The maximum absolute atomic E-state index is 3.96. The Labute approximate surface area is 129 Å². The fourth-order valence-corrected chi connectivity index (χ4v) is 4.12. The van der Waals surface area contributed by atoms with Gasteiger partial charge in [-0.25, -0.2) is 0 Å². The lowest BCUT2D eigenvalue weighted by Crippen LogP contribution is -2.48. The van der Waals surface area contributed by atoms with Crippen molar-refractivity contribution in [1.29, 1.82) is 0 Å². The van der Waals surface area contributed by atoms with Gasteiger partial charge in [0.25, 0.3) is 0 Å². The SMILES string of the molecule is CC1(C)CCCC(NC2CCN(c3ccccc3)CC2)C1. The monoisotopic (exact) mass is 286 g/mol. The van der Waals surface area contributed by atoms with E-state index in [4.69, 9.17) is 0 Å². The maximum Gasteiger partial charge on any atom is 0.0366 e. The summed E-state index contributed by atoms with van der Waals surface area (Å²) >= 11 is 0. The fraction of sp³-hybridized carbons (Fsp3) is 0.684. The molecule has 1 unspecified atom stereocenters. The van der Waals surface area contributed by atoms with E-state index in [0.717, 1.165) is 12.1 Å². The summed E-state index contributed by atoms with van der Waals surface area (Å²) in [4.78, 5) is 2.53. The second kappa shape index (κ2) is 6.39. The van der Waals surface area contributed by atoms with Crippen molar-refractivity contribution in [3.05, 3.63) is 30.3 Å². The largest absolute Gasteiger partial charge is 0.371 e.